The molecule has 0 N–H and O–H groups in total. The van der Waals surface area contributed by atoms with Crippen molar-refractivity contribution in [3.8, 4) is 5.75 Å². The maximum absolute atomic E-state index is 13.2. The number of hydrogen-bond donors (Lipinski definition) is 0. The van der Waals surface area contributed by atoms with Crippen LogP contribution < -0.4 is 10.3 Å². The molecule has 1 heterocycles. The second kappa shape index (κ2) is 10.0. The van der Waals surface area contributed by atoms with Crippen molar-refractivity contribution in [3.63, 3.8) is 0 Å². The van der Waals surface area contributed by atoms with E-state index in [-0.39, 0.29) is 17.6 Å². The minimum absolute atomic E-state index is 0.106. The Hall–Kier alpha value is -1.74. The first kappa shape index (κ1) is 22.9. The van der Waals surface area contributed by atoms with Crippen LogP contribution in [-0.2, 0) is 0 Å². The second-order valence-corrected chi connectivity index (χ2v) is 9.41. The largest absolute Gasteiger partial charge is 0.490 e. The Morgan fingerprint density at radius 1 is 1.20 bits per heavy atom. The third-order valence-electron chi connectivity index (χ3n) is 5.07. The van der Waals surface area contributed by atoms with Crippen molar-refractivity contribution in [1.29, 1.82) is 0 Å². The molecule has 5 nitrogen and oxygen atoms in total. The smallest absolute Gasteiger partial charge is 0.282 e. The average molecular weight is 582 g/mol. The van der Waals surface area contributed by atoms with Crippen molar-refractivity contribution in [2.75, 3.05) is 0 Å². The van der Waals surface area contributed by atoms with E-state index in [0.717, 1.165) is 32.2 Å². The highest BCUT2D eigenvalue weighted by atomic mass is 127. The maximum Gasteiger partial charge on any atom is 0.282 e. The molecule has 7 heteroatoms. The highest BCUT2D eigenvalue weighted by Crippen LogP contribution is 2.24. The third-order valence-corrected chi connectivity index (χ3v) is 6.40. The van der Waals surface area contributed by atoms with Crippen molar-refractivity contribution in [2.24, 2.45) is 5.10 Å². The van der Waals surface area contributed by atoms with E-state index in [2.05, 4.69) is 71.3 Å². The number of ether oxygens (including phenoxy) is 1. The molecule has 0 aliphatic heterocycles. The number of halogens is 2. The van der Waals surface area contributed by atoms with Crippen molar-refractivity contribution in [1.82, 2.24) is 9.66 Å². The molecule has 0 unspecified atom stereocenters. The van der Waals surface area contributed by atoms with Crippen molar-refractivity contribution >= 4 is 55.6 Å². The van der Waals surface area contributed by atoms with E-state index in [1.165, 1.54) is 4.68 Å². The monoisotopic (exact) mass is 581 g/mol. The van der Waals surface area contributed by atoms with Crippen LogP contribution in [0.2, 0.25) is 0 Å². The molecule has 2 aromatic carbocycles. The van der Waals surface area contributed by atoms with Gasteiger partial charge in [0.2, 0.25) is 0 Å². The van der Waals surface area contributed by atoms with Gasteiger partial charge in [-0.2, -0.15) is 9.78 Å². The lowest BCUT2D eigenvalue weighted by molar-refractivity contribution is 0.216. The average Bonchev–Trinajstić information content (AvgIpc) is 2.74. The van der Waals surface area contributed by atoms with Gasteiger partial charge < -0.3 is 4.74 Å². The maximum atomic E-state index is 13.2. The molecule has 0 radical (unpaired) electrons. The minimum Gasteiger partial charge on any atom is -0.490 e. The predicted octanol–water partition coefficient (Wildman–Crippen LogP) is 6.34. The predicted molar refractivity (Wildman–Crippen MR) is 135 cm³/mol. The van der Waals surface area contributed by atoms with Gasteiger partial charge in [0.1, 0.15) is 11.6 Å². The van der Waals surface area contributed by atoms with Crippen LogP contribution in [0.1, 0.15) is 57.8 Å². The van der Waals surface area contributed by atoms with Gasteiger partial charge in [-0.15, -0.1) is 0 Å². The molecule has 0 spiro atoms. The fourth-order valence-electron chi connectivity index (χ4n) is 2.90. The molecule has 1 aromatic heterocycles. The van der Waals surface area contributed by atoms with E-state index in [4.69, 9.17) is 9.72 Å². The highest BCUT2D eigenvalue weighted by Gasteiger charge is 2.15. The first-order chi connectivity index (χ1) is 14.3. The van der Waals surface area contributed by atoms with Crippen LogP contribution in [-0.4, -0.2) is 22.0 Å². The van der Waals surface area contributed by atoms with Gasteiger partial charge >= 0.3 is 0 Å². The van der Waals surface area contributed by atoms with E-state index in [9.17, 15) is 4.79 Å². The van der Waals surface area contributed by atoms with Crippen LogP contribution in [0.4, 0.5) is 0 Å². The van der Waals surface area contributed by atoms with Crippen molar-refractivity contribution < 1.29 is 4.74 Å². The van der Waals surface area contributed by atoms with Crippen LogP contribution in [0.25, 0.3) is 10.9 Å². The second-order valence-electron chi connectivity index (χ2n) is 7.33. The molecule has 0 aliphatic rings. The molecule has 2 atom stereocenters. The summed E-state index contributed by atoms with van der Waals surface area (Å²) in [5.74, 6) is 1.63. The normalized spacial score (nSPS) is 13.7. The van der Waals surface area contributed by atoms with Crippen LogP contribution in [0.5, 0.6) is 5.75 Å². The van der Waals surface area contributed by atoms with E-state index < -0.39 is 0 Å². The van der Waals surface area contributed by atoms with E-state index in [0.29, 0.717) is 16.7 Å². The standard InChI is InChI=1S/C23H25BrIN3O2/c1-5-14(3)22-27-20-9-8-17(24)12-18(20)23(29)28(22)26-13-16-7-10-21(19(25)11-16)30-15(4)6-2/h7-15H,5-6H2,1-4H3/t14-,15-/m1/s1. The Morgan fingerprint density at radius 3 is 2.63 bits per heavy atom. The van der Waals surface area contributed by atoms with E-state index in [1.807, 2.05) is 30.3 Å². The van der Waals surface area contributed by atoms with Crippen molar-refractivity contribution in [2.45, 2.75) is 52.6 Å². The number of rotatable bonds is 7. The van der Waals surface area contributed by atoms with Gasteiger partial charge in [-0.25, -0.2) is 4.98 Å². The SMILES string of the molecule is CC[C@@H](C)Oc1ccc(C=Nn2c([C@H](C)CC)nc3ccc(Br)cc3c2=O)cc1I. The van der Waals surface area contributed by atoms with Crippen LogP contribution >= 0.6 is 38.5 Å². The number of nitrogens with zero attached hydrogens (tertiary/aromatic N) is 3. The van der Waals surface area contributed by atoms with Gasteiger partial charge in [-0.3, -0.25) is 4.79 Å². The summed E-state index contributed by atoms with van der Waals surface area (Å²) in [4.78, 5) is 17.9. The molecule has 3 rings (SSSR count). The van der Waals surface area contributed by atoms with E-state index in [1.54, 1.807) is 12.3 Å². The van der Waals surface area contributed by atoms with Gasteiger partial charge in [-0.1, -0.05) is 36.7 Å². The fourth-order valence-corrected chi connectivity index (χ4v) is 3.92. The van der Waals surface area contributed by atoms with Crippen LogP contribution in [0.3, 0.4) is 0 Å². The number of benzene rings is 2. The molecule has 0 saturated heterocycles. The fraction of sp³-hybridized carbons (Fsp3) is 0.348. The van der Waals surface area contributed by atoms with Crippen LogP contribution in [0.15, 0.2) is 50.8 Å². The Labute approximate surface area is 198 Å². The lowest BCUT2D eigenvalue weighted by Gasteiger charge is -2.15. The summed E-state index contributed by atoms with van der Waals surface area (Å²) in [5, 5.41) is 5.07. The molecule has 0 amide bonds. The first-order valence-corrected chi connectivity index (χ1v) is 11.9. The number of hydrogen-bond acceptors (Lipinski definition) is 4. The Bertz CT molecular complexity index is 1140. The zero-order chi connectivity index (χ0) is 21.8. The van der Waals surface area contributed by atoms with Gasteiger partial charge in [0.25, 0.3) is 5.56 Å². The van der Waals surface area contributed by atoms with Crippen LogP contribution in [0, 0.1) is 3.57 Å². The zero-order valence-electron chi connectivity index (χ0n) is 17.5. The Morgan fingerprint density at radius 2 is 1.97 bits per heavy atom. The summed E-state index contributed by atoms with van der Waals surface area (Å²) in [5.41, 5.74) is 1.41. The molecule has 158 valence electrons. The summed E-state index contributed by atoms with van der Waals surface area (Å²) in [6.07, 6.45) is 3.68. The summed E-state index contributed by atoms with van der Waals surface area (Å²) in [7, 11) is 0. The zero-order valence-corrected chi connectivity index (χ0v) is 21.3. The van der Waals surface area contributed by atoms with E-state index >= 15 is 0 Å². The lowest BCUT2D eigenvalue weighted by Crippen LogP contribution is -2.23. The molecule has 30 heavy (non-hydrogen) atoms. The number of fused-ring (bicyclic) bond motifs is 1. The summed E-state index contributed by atoms with van der Waals surface area (Å²) in [6, 6.07) is 11.4. The quantitative estimate of drug-likeness (QED) is 0.242. The minimum atomic E-state index is -0.167. The third kappa shape index (κ3) is 5.11. The number of aromatic nitrogens is 2. The molecule has 0 fully saturated rings. The molecule has 0 saturated carbocycles. The topological polar surface area (TPSA) is 56.5 Å². The van der Waals surface area contributed by atoms with Crippen molar-refractivity contribution in [3.05, 3.63) is 66.2 Å². The lowest BCUT2D eigenvalue weighted by atomic mass is 10.1. The Balaban J connectivity index is 2.04. The Kier molecular flexibility index (Phi) is 7.68. The van der Waals surface area contributed by atoms with Gasteiger partial charge in [-0.05, 0) is 84.3 Å². The summed E-state index contributed by atoms with van der Waals surface area (Å²) >= 11 is 5.70. The molecular formula is C23H25BrIN3O2. The highest BCUT2D eigenvalue weighted by molar-refractivity contribution is 14.1. The molecule has 0 bridgehead atoms. The van der Waals surface area contributed by atoms with Gasteiger partial charge in [0.15, 0.2) is 0 Å². The summed E-state index contributed by atoms with van der Waals surface area (Å²) in [6.45, 7) is 8.29. The molecule has 0 aliphatic carbocycles. The van der Waals surface area contributed by atoms with Gasteiger partial charge in [0.05, 0.1) is 26.8 Å². The molecule has 3 aromatic rings. The summed E-state index contributed by atoms with van der Waals surface area (Å²) < 4.78 is 9.21. The molecular weight excluding hydrogens is 557 g/mol. The first-order valence-electron chi connectivity index (χ1n) is 10.1. The van der Waals surface area contributed by atoms with Gasteiger partial charge in [0, 0.05) is 10.4 Å².